The fourth-order valence-electron chi connectivity index (χ4n) is 6.77. The Labute approximate surface area is 244 Å². The number of nitrogens with one attached hydrogen (secondary N) is 2. The predicted octanol–water partition coefficient (Wildman–Crippen LogP) is 6.10. The Balaban J connectivity index is 1.40. The number of carbonyl (C=O) groups excluding carboxylic acids is 1. The Morgan fingerprint density at radius 3 is 2.62 bits per heavy atom. The number of aromatic nitrogens is 1. The van der Waals surface area contributed by atoms with Crippen molar-refractivity contribution in [3.8, 4) is 0 Å². The summed E-state index contributed by atoms with van der Waals surface area (Å²) in [7, 11) is 2.09. The van der Waals surface area contributed by atoms with Crippen LogP contribution < -0.4 is 14.9 Å². The molecule has 0 bridgehead atoms. The van der Waals surface area contributed by atoms with E-state index in [0.29, 0.717) is 18.5 Å². The van der Waals surface area contributed by atoms with Crippen LogP contribution in [-0.4, -0.2) is 52.6 Å². The van der Waals surface area contributed by atoms with Crippen molar-refractivity contribution in [2.75, 3.05) is 23.7 Å². The molecule has 3 aromatic rings. The second-order valence-corrected chi connectivity index (χ2v) is 12.9. The smallest absolute Gasteiger partial charge is 0.251 e. The average Bonchev–Trinajstić information content (AvgIpc) is 3.25. The molecule has 7 heteroatoms. The second-order valence-electron chi connectivity index (χ2n) is 11.7. The molecule has 0 unspecified atom stereocenters. The van der Waals surface area contributed by atoms with E-state index < -0.39 is 12.1 Å². The largest absolute Gasteiger partial charge is 0.390 e. The van der Waals surface area contributed by atoms with Crippen LogP contribution in [0.5, 0.6) is 0 Å². The highest BCUT2D eigenvalue weighted by Gasteiger charge is 2.33. The molecule has 1 fully saturated rings. The van der Waals surface area contributed by atoms with E-state index in [1.54, 1.807) is 11.9 Å². The lowest BCUT2D eigenvalue weighted by Crippen LogP contribution is -2.54. The number of benzene rings is 2. The van der Waals surface area contributed by atoms with Crippen molar-refractivity contribution >= 4 is 34.4 Å². The summed E-state index contributed by atoms with van der Waals surface area (Å²) in [5.41, 5.74) is 5.40. The molecule has 0 saturated heterocycles. The zero-order valence-electron chi connectivity index (χ0n) is 24.4. The first-order chi connectivity index (χ1) is 19.4. The third-order valence-corrected chi connectivity index (χ3v) is 9.91. The molecule has 40 heavy (non-hydrogen) atoms. The molecule has 1 aromatic heterocycles. The summed E-state index contributed by atoms with van der Waals surface area (Å²) in [5.74, 6) is 0.889. The Morgan fingerprint density at radius 1 is 1.12 bits per heavy atom. The normalized spacial score (nSPS) is 18.4. The molecular formula is C33H46N4O2S. The SMILES string of the molecule is CCCC1(NC[C@@H](O)[C@H](Cc2ccccc2)NC(=O)c2cc3c4c(cn(CC)c4c2)CCSN3C)CCCCC1. The molecule has 1 aliphatic heterocycles. The van der Waals surface area contributed by atoms with Gasteiger partial charge in [-0.1, -0.05) is 62.9 Å². The number of aryl methyl sites for hydroxylation is 2. The molecular weight excluding hydrogens is 516 g/mol. The van der Waals surface area contributed by atoms with Crippen LogP contribution in [0.15, 0.2) is 48.7 Å². The van der Waals surface area contributed by atoms with Gasteiger partial charge in [0.25, 0.3) is 5.91 Å². The number of β-amino-alcohol motifs (C(OH)–C–C–N with tert-alkyl or cyclic N) is 1. The van der Waals surface area contributed by atoms with Crippen molar-refractivity contribution in [3.63, 3.8) is 0 Å². The van der Waals surface area contributed by atoms with Gasteiger partial charge in [-0.3, -0.25) is 4.79 Å². The van der Waals surface area contributed by atoms with E-state index in [0.717, 1.165) is 61.2 Å². The number of aliphatic hydroxyl groups excluding tert-OH is 1. The van der Waals surface area contributed by atoms with Gasteiger partial charge in [0.15, 0.2) is 0 Å². The molecule has 2 aliphatic rings. The van der Waals surface area contributed by atoms with Gasteiger partial charge in [-0.15, -0.1) is 0 Å². The first-order valence-electron chi connectivity index (χ1n) is 15.2. The number of hydrogen-bond acceptors (Lipinski definition) is 5. The summed E-state index contributed by atoms with van der Waals surface area (Å²) in [6.45, 7) is 5.73. The zero-order valence-corrected chi connectivity index (χ0v) is 25.2. The van der Waals surface area contributed by atoms with E-state index in [9.17, 15) is 9.90 Å². The standard InChI is InChI=1S/C33H46N4O2S/c1-4-15-33(16-10-7-11-17-33)34-22-30(38)27(19-24-12-8-6-9-13-24)35-32(39)26-20-28-31-25(14-18-40-36(28)3)23-37(5-2)29(31)21-26/h6,8-9,12-13,20-21,23,27,30,34,38H,4-5,7,10-11,14-19,22H2,1-3H3,(H,35,39)/t27-,30+/m0/s1. The number of nitrogens with zero attached hydrogens (tertiary/aromatic N) is 2. The second kappa shape index (κ2) is 13.0. The monoisotopic (exact) mass is 562 g/mol. The van der Waals surface area contributed by atoms with Crippen LogP contribution in [0.4, 0.5) is 5.69 Å². The summed E-state index contributed by atoms with van der Waals surface area (Å²) >= 11 is 1.80. The van der Waals surface area contributed by atoms with Crippen molar-refractivity contribution in [1.82, 2.24) is 15.2 Å². The molecule has 6 nitrogen and oxygen atoms in total. The van der Waals surface area contributed by atoms with E-state index in [1.807, 2.05) is 30.3 Å². The molecule has 3 N–H and O–H groups in total. The minimum Gasteiger partial charge on any atom is -0.390 e. The van der Waals surface area contributed by atoms with Gasteiger partial charge in [0.1, 0.15) is 0 Å². The molecule has 2 atom stereocenters. The van der Waals surface area contributed by atoms with Crippen molar-refractivity contribution in [3.05, 3.63) is 65.4 Å². The van der Waals surface area contributed by atoms with Crippen LogP contribution in [-0.2, 0) is 19.4 Å². The number of aliphatic hydroxyl groups is 1. The molecule has 0 radical (unpaired) electrons. The molecule has 5 rings (SSSR count). The van der Waals surface area contributed by atoms with E-state index in [-0.39, 0.29) is 11.4 Å². The molecule has 1 aliphatic carbocycles. The number of rotatable bonds is 11. The Hall–Kier alpha value is -2.48. The summed E-state index contributed by atoms with van der Waals surface area (Å²) in [6.07, 6.45) is 11.5. The van der Waals surface area contributed by atoms with E-state index in [4.69, 9.17) is 0 Å². The quantitative estimate of drug-likeness (QED) is 0.247. The summed E-state index contributed by atoms with van der Waals surface area (Å²) in [6, 6.07) is 13.8. The molecule has 216 valence electrons. The lowest BCUT2D eigenvalue weighted by atomic mass is 9.78. The van der Waals surface area contributed by atoms with Crippen LogP contribution >= 0.6 is 11.9 Å². The summed E-state index contributed by atoms with van der Waals surface area (Å²) in [4.78, 5) is 13.9. The van der Waals surface area contributed by atoms with E-state index in [2.05, 4.69) is 58.7 Å². The van der Waals surface area contributed by atoms with E-state index in [1.165, 1.54) is 30.2 Å². The van der Waals surface area contributed by atoms with Gasteiger partial charge in [0, 0.05) is 48.6 Å². The number of anilines is 1. The number of carbonyl (C=O) groups is 1. The van der Waals surface area contributed by atoms with Crippen LogP contribution in [0.1, 0.15) is 80.3 Å². The minimum atomic E-state index is -0.700. The minimum absolute atomic E-state index is 0.104. The zero-order chi connectivity index (χ0) is 28.1. The van der Waals surface area contributed by atoms with Crippen LogP contribution in [0.25, 0.3) is 10.9 Å². The molecule has 2 aromatic carbocycles. The first kappa shape index (κ1) is 29.0. The van der Waals surface area contributed by atoms with Crippen molar-refractivity contribution in [2.24, 2.45) is 0 Å². The lowest BCUT2D eigenvalue weighted by Gasteiger charge is -2.40. The van der Waals surface area contributed by atoms with Gasteiger partial charge in [-0.2, -0.15) is 0 Å². The lowest BCUT2D eigenvalue weighted by molar-refractivity contribution is 0.0784. The van der Waals surface area contributed by atoms with Gasteiger partial charge >= 0.3 is 0 Å². The van der Waals surface area contributed by atoms with Crippen LogP contribution in [0.2, 0.25) is 0 Å². The first-order valence-corrected chi connectivity index (χ1v) is 16.2. The van der Waals surface area contributed by atoms with Crippen LogP contribution in [0, 0.1) is 0 Å². The van der Waals surface area contributed by atoms with Gasteiger partial charge < -0.3 is 24.6 Å². The third kappa shape index (κ3) is 6.37. The fraction of sp³-hybridized carbons (Fsp3) is 0.545. The van der Waals surface area contributed by atoms with Crippen molar-refractivity contribution < 1.29 is 9.90 Å². The van der Waals surface area contributed by atoms with Crippen LogP contribution in [0.3, 0.4) is 0 Å². The number of hydrogen-bond donors (Lipinski definition) is 3. The van der Waals surface area contributed by atoms with Gasteiger partial charge in [-0.05, 0) is 74.2 Å². The van der Waals surface area contributed by atoms with Crippen molar-refractivity contribution in [2.45, 2.75) is 95.9 Å². The maximum Gasteiger partial charge on any atom is 0.251 e. The molecule has 0 spiro atoms. The van der Waals surface area contributed by atoms with Crippen molar-refractivity contribution in [1.29, 1.82) is 0 Å². The predicted molar refractivity (Wildman–Crippen MR) is 168 cm³/mol. The van der Waals surface area contributed by atoms with Gasteiger partial charge in [0.2, 0.25) is 0 Å². The topological polar surface area (TPSA) is 69.5 Å². The van der Waals surface area contributed by atoms with Gasteiger partial charge in [-0.25, -0.2) is 0 Å². The Bertz CT molecular complexity index is 1280. The Morgan fingerprint density at radius 2 is 1.90 bits per heavy atom. The highest BCUT2D eigenvalue weighted by Crippen LogP contribution is 2.38. The number of amides is 1. The third-order valence-electron chi connectivity index (χ3n) is 8.94. The summed E-state index contributed by atoms with van der Waals surface area (Å²) < 4.78 is 4.46. The summed E-state index contributed by atoms with van der Waals surface area (Å²) in [5, 5.41) is 19.8. The van der Waals surface area contributed by atoms with Gasteiger partial charge in [0.05, 0.1) is 23.3 Å². The molecule has 2 heterocycles. The maximum absolute atomic E-state index is 13.9. The highest BCUT2D eigenvalue weighted by atomic mass is 32.2. The average molecular weight is 563 g/mol. The highest BCUT2D eigenvalue weighted by molar-refractivity contribution is 8.00. The molecule has 1 saturated carbocycles. The van der Waals surface area contributed by atoms with E-state index >= 15 is 0 Å². The fourth-order valence-corrected chi connectivity index (χ4v) is 7.64. The Kier molecular flexibility index (Phi) is 9.44. The maximum atomic E-state index is 13.9. The molecule has 1 amide bonds.